The van der Waals surface area contributed by atoms with Crippen LogP contribution in [0.3, 0.4) is 0 Å². The molecule has 0 aliphatic carbocycles. The number of amides is 2. The minimum Gasteiger partial charge on any atom is -0.394 e. The van der Waals surface area contributed by atoms with Crippen LogP contribution in [0.25, 0.3) is 0 Å². The minimum atomic E-state index is -2.18. The summed E-state index contributed by atoms with van der Waals surface area (Å²) >= 11 is 0. The fraction of sp³-hybridized carbons (Fsp3) is 0.941. The second-order valence-corrected chi connectivity index (χ2v) is 15.4. The van der Waals surface area contributed by atoms with Crippen LogP contribution in [0.2, 0.25) is 0 Å². The van der Waals surface area contributed by atoms with Gasteiger partial charge in [-0.05, 0) is 0 Å². The summed E-state index contributed by atoms with van der Waals surface area (Å²) in [5, 5.41) is 163. The van der Waals surface area contributed by atoms with Crippen molar-refractivity contribution in [2.75, 3.05) is 33.0 Å². The molecule has 0 aromatic rings. The van der Waals surface area contributed by atoms with Crippen molar-refractivity contribution in [3.63, 3.8) is 0 Å². The second-order valence-electron chi connectivity index (χ2n) is 15.4. The van der Waals surface area contributed by atoms with E-state index in [1.807, 2.05) is 0 Å². The van der Waals surface area contributed by atoms with Gasteiger partial charge in [-0.25, -0.2) is 0 Å². The maximum absolute atomic E-state index is 12.4. The highest BCUT2D eigenvalue weighted by atomic mass is 16.8. The largest absolute Gasteiger partial charge is 0.394 e. The summed E-state index contributed by atoms with van der Waals surface area (Å²) in [6.07, 6.45) is -42.7. The van der Waals surface area contributed by atoms with E-state index in [0.29, 0.717) is 0 Å². The molecular formula is C34H58N2O26. The molecule has 2 amide bonds. The first-order valence-corrected chi connectivity index (χ1v) is 19.6. The number of aliphatic hydroxyl groups is 15. The van der Waals surface area contributed by atoms with Crippen molar-refractivity contribution in [1.82, 2.24) is 10.6 Å². The zero-order valence-corrected chi connectivity index (χ0v) is 33.2. The first-order valence-electron chi connectivity index (χ1n) is 19.6. The van der Waals surface area contributed by atoms with Crippen LogP contribution in [-0.4, -0.2) is 275 Å². The van der Waals surface area contributed by atoms with Gasteiger partial charge in [0.05, 0.1) is 33.0 Å². The maximum Gasteiger partial charge on any atom is 0.217 e. The molecule has 0 radical (unpaired) electrons. The average molecular weight is 911 g/mol. The Balaban J connectivity index is 1.38. The third-order valence-electron chi connectivity index (χ3n) is 11.1. The fourth-order valence-electron chi connectivity index (χ4n) is 7.82. The summed E-state index contributed by atoms with van der Waals surface area (Å²) < 4.78 is 51.0. The normalized spacial score (nSPS) is 49.0. The summed E-state index contributed by atoms with van der Waals surface area (Å²) in [6, 6.07) is -3.16. The highest BCUT2D eigenvalue weighted by Gasteiger charge is 2.57. The molecule has 17 N–H and O–H groups in total. The molecular weight excluding hydrogens is 852 g/mol. The molecule has 28 heteroatoms. The summed E-state index contributed by atoms with van der Waals surface area (Å²) in [7, 11) is 0. The van der Waals surface area contributed by atoms with E-state index in [0.717, 1.165) is 13.8 Å². The van der Waals surface area contributed by atoms with Crippen LogP contribution in [0.15, 0.2) is 0 Å². The Morgan fingerprint density at radius 3 is 1.31 bits per heavy atom. The molecule has 5 heterocycles. The van der Waals surface area contributed by atoms with Gasteiger partial charge in [-0.15, -0.1) is 0 Å². The van der Waals surface area contributed by atoms with Crippen molar-refractivity contribution < 1.29 is 129 Å². The van der Waals surface area contributed by atoms with Gasteiger partial charge in [0.1, 0.15) is 122 Å². The third kappa shape index (κ3) is 10.8. The topological polar surface area (TPSA) is 445 Å². The molecule has 0 bridgehead atoms. The molecule has 25 atom stereocenters. The van der Waals surface area contributed by atoms with Crippen LogP contribution in [0, 0.1) is 0 Å². The zero-order valence-electron chi connectivity index (χ0n) is 33.2. The van der Waals surface area contributed by atoms with Gasteiger partial charge in [-0.2, -0.15) is 0 Å². The Morgan fingerprint density at radius 2 is 0.774 bits per heavy atom. The molecule has 0 unspecified atom stereocenters. The predicted molar refractivity (Wildman–Crippen MR) is 190 cm³/mol. The number of ether oxygens (including phenoxy) is 9. The predicted octanol–water partition coefficient (Wildman–Crippen LogP) is -11.6. The highest BCUT2D eigenvalue weighted by Crippen LogP contribution is 2.36. The fourth-order valence-corrected chi connectivity index (χ4v) is 7.82. The quantitative estimate of drug-likeness (QED) is 0.0725. The molecule has 0 aromatic carbocycles. The van der Waals surface area contributed by atoms with Gasteiger partial charge in [-0.3, -0.25) is 9.59 Å². The monoisotopic (exact) mass is 910 g/mol. The van der Waals surface area contributed by atoms with Crippen LogP contribution in [-0.2, 0) is 52.2 Å². The molecule has 0 saturated carbocycles. The first kappa shape index (κ1) is 51.0. The Kier molecular flexibility index (Phi) is 18.1. The van der Waals surface area contributed by atoms with Gasteiger partial charge >= 0.3 is 0 Å². The molecule has 0 aromatic heterocycles. The van der Waals surface area contributed by atoms with Crippen molar-refractivity contribution in [3.8, 4) is 0 Å². The van der Waals surface area contributed by atoms with Crippen LogP contribution in [0.1, 0.15) is 13.8 Å². The highest BCUT2D eigenvalue weighted by molar-refractivity contribution is 5.73. The molecule has 5 fully saturated rings. The van der Waals surface area contributed by atoms with Crippen molar-refractivity contribution in [3.05, 3.63) is 0 Å². The van der Waals surface area contributed by atoms with E-state index in [4.69, 9.17) is 42.6 Å². The van der Waals surface area contributed by atoms with E-state index in [1.165, 1.54) is 0 Å². The number of hydrogen-bond acceptors (Lipinski definition) is 26. The molecule has 5 rings (SSSR count). The standard InChI is InChI=1S/C34H58N2O26/c1-8(42)35-15-20(47)26(13(6-40)54-30(15)53)59-31-16(36-9(2)43)21(48)27(14(7-41)58-31)60-33-25(52)28(19(46)12(5-39)56-33)61-34-29(23(50)18(45)11(4-38)57-34)62-32-24(51)22(49)17(44)10(3-37)55-32/h10-34,37-41,44-53H,3-7H2,1-2H3,(H,35,42)(H,36,43)/t10-,11-,12-,13-,14-,15-,16-,17-,18-,19-,20-,21-,22+,23+,24+,25+,26-,27-,28+,29+,30-,31+,32-,33+,34-/m1/s1. The van der Waals surface area contributed by atoms with Gasteiger partial charge in [0.25, 0.3) is 0 Å². The number of carbonyl (C=O) groups is 2. The molecule has 5 aliphatic rings. The molecule has 5 aliphatic heterocycles. The lowest BCUT2D eigenvalue weighted by Crippen LogP contribution is -2.70. The number of carbonyl (C=O) groups excluding carboxylic acids is 2. The summed E-state index contributed by atoms with van der Waals surface area (Å²) in [4.78, 5) is 24.2. The Hall–Kier alpha value is -2.02. The molecule has 5 saturated heterocycles. The molecule has 28 nitrogen and oxygen atoms in total. The van der Waals surface area contributed by atoms with Crippen LogP contribution in [0.5, 0.6) is 0 Å². The summed E-state index contributed by atoms with van der Waals surface area (Å²) in [5.74, 6) is -1.47. The molecule has 360 valence electrons. The summed E-state index contributed by atoms with van der Waals surface area (Å²) in [6.45, 7) is -2.53. The molecule has 62 heavy (non-hydrogen) atoms. The molecule has 0 spiro atoms. The van der Waals surface area contributed by atoms with Crippen LogP contribution in [0.4, 0.5) is 0 Å². The third-order valence-corrected chi connectivity index (χ3v) is 11.1. The van der Waals surface area contributed by atoms with E-state index in [1.54, 1.807) is 0 Å². The Labute approximate surface area is 351 Å². The van der Waals surface area contributed by atoms with Crippen molar-refractivity contribution in [2.24, 2.45) is 0 Å². The second kappa shape index (κ2) is 22.0. The number of hydrogen-bond donors (Lipinski definition) is 17. The van der Waals surface area contributed by atoms with E-state index < -0.39 is 198 Å². The van der Waals surface area contributed by atoms with Crippen molar-refractivity contribution in [2.45, 2.75) is 167 Å². The van der Waals surface area contributed by atoms with Gasteiger partial charge in [0.2, 0.25) is 11.8 Å². The van der Waals surface area contributed by atoms with Crippen molar-refractivity contribution in [1.29, 1.82) is 0 Å². The number of aliphatic hydroxyl groups excluding tert-OH is 15. The lowest BCUT2D eigenvalue weighted by molar-refractivity contribution is -0.395. The van der Waals surface area contributed by atoms with Gasteiger partial charge in [-0.1, -0.05) is 0 Å². The average Bonchev–Trinajstić information content (AvgIpc) is 3.23. The smallest absolute Gasteiger partial charge is 0.217 e. The van der Waals surface area contributed by atoms with Gasteiger partial charge in [0, 0.05) is 13.8 Å². The number of rotatable bonds is 15. The SMILES string of the molecule is CC(=O)N[C@@H]1[C@@H](O)[C@H](O[C@@H]2O[C@H](CO)[C@@H](O[C@@H]3O[C@H](CO)[C@@H](O)[C@H](O[C@H]4O[C@H](CO)[C@@H](O)[C@H](O)[C@@H]4O[C@H]4O[C@H](CO)[C@@H](O)[C@H](O)[C@@H]4O)[C@@H]3O)[C@H](O)[C@H]2NC(C)=O)[C@@H](CO)O[C@H]1O. The Bertz CT molecular complexity index is 1440. The van der Waals surface area contributed by atoms with Crippen LogP contribution >= 0.6 is 0 Å². The zero-order chi connectivity index (χ0) is 45.9. The van der Waals surface area contributed by atoms with Gasteiger partial charge in [0.15, 0.2) is 31.5 Å². The number of nitrogens with one attached hydrogen (secondary N) is 2. The maximum atomic E-state index is 12.4. The van der Waals surface area contributed by atoms with E-state index in [-0.39, 0.29) is 0 Å². The Morgan fingerprint density at radius 1 is 0.387 bits per heavy atom. The van der Waals surface area contributed by atoms with E-state index in [2.05, 4.69) is 10.6 Å². The lowest BCUT2D eigenvalue weighted by Gasteiger charge is -2.50. The van der Waals surface area contributed by atoms with Crippen molar-refractivity contribution >= 4 is 11.8 Å². The van der Waals surface area contributed by atoms with E-state index in [9.17, 15) is 86.2 Å². The van der Waals surface area contributed by atoms with Crippen LogP contribution < -0.4 is 10.6 Å². The summed E-state index contributed by atoms with van der Waals surface area (Å²) in [5.41, 5.74) is 0. The van der Waals surface area contributed by atoms with E-state index >= 15 is 0 Å². The lowest BCUT2D eigenvalue weighted by atomic mass is 9.94. The first-order chi connectivity index (χ1) is 29.3. The minimum absolute atomic E-state index is 0.687. The van der Waals surface area contributed by atoms with Gasteiger partial charge < -0.3 is 130 Å².